The first-order valence-electron chi connectivity index (χ1n) is 7.03. The van der Waals surface area contributed by atoms with Crippen LogP contribution in [-0.4, -0.2) is 26.3 Å². The lowest BCUT2D eigenvalue weighted by atomic mass is 10.2. The smallest absolute Gasteiger partial charge is 0.119 e. The summed E-state index contributed by atoms with van der Waals surface area (Å²) in [6, 6.07) is 17.8. The lowest BCUT2D eigenvalue weighted by Crippen LogP contribution is -2.33. The van der Waals surface area contributed by atoms with Crippen LogP contribution in [0.4, 0.5) is 5.69 Å². The van der Waals surface area contributed by atoms with Crippen molar-refractivity contribution >= 4 is 5.69 Å². The van der Waals surface area contributed by atoms with Crippen molar-refractivity contribution in [2.45, 2.75) is 12.6 Å². The molecule has 1 unspecified atom stereocenters. The standard InChI is InChI=1S/C17H22N2O2/c1-20-17-9-7-16(8-10-17)19-11-15(18)13-21-12-14-5-3-2-4-6-14/h2-10,15,19H,11-13,18H2,1H3. The Labute approximate surface area is 125 Å². The van der Waals surface area contributed by atoms with Gasteiger partial charge in [0.15, 0.2) is 0 Å². The van der Waals surface area contributed by atoms with Crippen molar-refractivity contribution in [1.82, 2.24) is 0 Å². The molecule has 2 aromatic carbocycles. The molecule has 0 heterocycles. The zero-order valence-corrected chi connectivity index (χ0v) is 12.3. The quantitative estimate of drug-likeness (QED) is 0.783. The Balaban J connectivity index is 1.66. The third-order valence-corrected chi connectivity index (χ3v) is 3.10. The Hall–Kier alpha value is -2.04. The van der Waals surface area contributed by atoms with Gasteiger partial charge in [-0.15, -0.1) is 0 Å². The highest BCUT2D eigenvalue weighted by atomic mass is 16.5. The minimum absolute atomic E-state index is 0.0455. The molecule has 2 rings (SSSR count). The van der Waals surface area contributed by atoms with Gasteiger partial charge in [-0.1, -0.05) is 30.3 Å². The van der Waals surface area contributed by atoms with E-state index in [9.17, 15) is 0 Å². The first-order valence-corrected chi connectivity index (χ1v) is 7.03. The van der Waals surface area contributed by atoms with Crippen LogP contribution in [0.3, 0.4) is 0 Å². The van der Waals surface area contributed by atoms with Crippen LogP contribution < -0.4 is 15.8 Å². The summed E-state index contributed by atoms with van der Waals surface area (Å²) in [5.41, 5.74) is 8.21. The number of nitrogens with two attached hydrogens (primary N) is 1. The maximum absolute atomic E-state index is 6.03. The highest BCUT2D eigenvalue weighted by Gasteiger charge is 2.03. The fourth-order valence-corrected chi connectivity index (χ4v) is 1.92. The molecular formula is C17H22N2O2. The number of methoxy groups -OCH3 is 1. The molecule has 4 heteroatoms. The second-order valence-electron chi connectivity index (χ2n) is 4.87. The van der Waals surface area contributed by atoms with Gasteiger partial charge in [-0.3, -0.25) is 0 Å². The fraction of sp³-hybridized carbons (Fsp3) is 0.294. The molecule has 112 valence electrons. The van der Waals surface area contributed by atoms with Crippen molar-refractivity contribution in [3.8, 4) is 5.75 Å². The van der Waals surface area contributed by atoms with E-state index in [4.69, 9.17) is 15.2 Å². The number of benzene rings is 2. The van der Waals surface area contributed by atoms with Crippen molar-refractivity contribution in [3.63, 3.8) is 0 Å². The van der Waals surface area contributed by atoms with E-state index in [0.29, 0.717) is 19.8 Å². The number of hydrogen-bond acceptors (Lipinski definition) is 4. The molecule has 0 spiro atoms. The van der Waals surface area contributed by atoms with Crippen LogP contribution in [0.1, 0.15) is 5.56 Å². The van der Waals surface area contributed by atoms with Gasteiger partial charge in [0.2, 0.25) is 0 Å². The first-order chi connectivity index (χ1) is 10.3. The van der Waals surface area contributed by atoms with Gasteiger partial charge >= 0.3 is 0 Å². The zero-order chi connectivity index (χ0) is 14.9. The normalized spacial score (nSPS) is 11.9. The van der Waals surface area contributed by atoms with E-state index in [-0.39, 0.29) is 6.04 Å². The third kappa shape index (κ3) is 5.45. The summed E-state index contributed by atoms with van der Waals surface area (Å²) in [5, 5.41) is 3.28. The van der Waals surface area contributed by atoms with E-state index >= 15 is 0 Å². The van der Waals surface area contributed by atoms with Crippen molar-refractivity contribution in [3.05, 3.63) is 60.2 Å². The molecule has 0 radical (unpaired) electrons. The summed E-state index contributed by atoms with van der Waals surface area (Å²) in [5.74, 6) is 0.844. The number of ether oxygens (including phenoxy) is 2. The first kappa shape index (κ1) is 15.4. The predicted octanol–water partition coefficient (Wildman–Crippen LogP) is 2.65. The maximum Gasteiger partial charge on any atom is 0.119 e. The molecule has 0 bridgehead atoms. The second kappa shape index (κ2) is 8.29. The molecule has 0 aliphatic heterocycles. The van der Waals surface area contributed by atoms with Crippen molar-refractivity contribution in [2.75, 3.05) is 25.6 Å². The second-order valence-corrected chi connectivity index (χ2v) is 4.87. The summed E-state index contributed by atoms with van der Waals surface area (Å²) in [6.45, 7) is 1.79. The van der Waals surface area contributed by atoms with E-state index in [1.807, 2.05) is 54.6 Å². The Kier molecular flexibility index (Phi) is 6.06. The van der Waals surface area contributed by atoms with E-state index in [1.165, 1.54) is 0 Å². The number of rotatable bonds is 8. The van der Waals surface area contributed by atoms with Gasteiger partial charge in [-0.05, 0) is 29.8 Å². The number of hydrogen-bond donors (Lipinski definition) is 2. The molecule has 3 N–H and O–H groups in total. The molecule has 0 saturated carbocycles. The maximum atomic E-state index is 6.03. The van der Waals surface area contributed by atoms with Crippen LogP contribution in [0.15, 0.2) is 54.6 Å². The summed E-state index contributed by atoms with van der Waals surface area (Å²) in [7, 11) is 1.66. The van der Waals surface area contributed by atoms with Crippen LogP contribution in [0.2, 0.25) is 0 Å². The monoisotopic (exact) mass is 286 g/mol. The predicted molar refractivity (Wildman–Crippen MR) is 85.6 cm³/mol. The molecule has 2 aromatic rings. The van der Waals surface area contributed by atoms with Gasteiger partial charge in [0, 0.05) is 18.3 Å². The highest BCUT2D eigenvalue weighted by Crippen LogP contribution is 2.14. The Bertz CT molecular complexity index is 514. The zero-order valence-electron chi connectivity index (χ0n) is 12.3. The molecular weight excluding hydrogens is 264 g/mol. The SMILES string of the molecule is COc1ccc(NCC(N)COCc2ccccc2)cc1. The van der Waals surface area contributed by atoms with Gasteiger partial charge in [0.05, 0.1) is 20.3 Å². The lowest BCUT2D eigenvalue weighted by molar-refractivity contribution is 0.110. The average molecular weight is 286 g/mol. The largest absolute Gasteiger partial charge is 0.497 e. The van der Waals surface area contributed by atoms with Crippen molar-refractivity contribution < 1.29 is 9.47 Å². The highest BCUT2D eigenvalue weighted by molar-refractivity contribution is 5.46. The van der Waals surface area contributed by atoms with E-state index in [2.05, 4.69) is 5.32 Å². The minimum Gasteiger partial charge on any atom is -0.497 e. The topological polar surface area (TPSA) is 56.5 Å². The van der Waals surface area contributed by atoms with E-state index in [1.54, 1.807) is 7.11 Å². The van der Waals surface area contributed by atoms with Gasteiger partial charge in [0.25, 0.3) is 0 Å². The molecule has 21 heavy (non-hydrogen) atoms. The molecule has 0 aliphatic rings. The molecule has 4 nitrogen and oxygen atoms in total. The van der Waals surface area contributed by atoms with Gasteiger partial charge in [-0.2, -0.15) is 0 Å². The molecule has 1 atom stereocenters. The average Bonchev–Trinajstić information content (AvgIpc) is 2.54. The Morgan fingerprint density at radius 1 is 1.05 bits per heavy atom. The molecule has 0 saturated heterocycles. The van der Waals surface area contributed by atoms with Gasteiger partial charge < -0.3 is 20.5 Å². The molecule has 0 fully saturated rings. The Morgan fingerprint density at radius 2 is 1.76 bits per heavy atom. The summed E-state index contributed by atoms with van der Waals surface area (Å²) in [6.07, 6.45) is 0. The van der Waals surface area contributed by atoms with E-state index in [0.717, 1.165) is 17.0 Å². The van der Waals surface area contributed by atoms with Crippen LogP contribution in [0, 0.1) is 0 Å². The van der Waals surface area contributed by atoms with Crippen molar-refractivity contribution in [2.24, 2.45) is 5.73 Å². The van der Waals surface area contributed by atoms with Crippen LogP contribution in [0.25, 0.3) is 0 Å². The number of nitrogens with one attached hydrogen (secondary N) is 1. The fourth-order valence-electron chi connectivity index (χ4n) is 1.92. The summed E-state index contributed by atoms with van der Waals surface area (Å²) < 4.78 is 10.7. The lowest BCUT2D eigenvalue weighted by Gasteiger charge is -2.14. The Morgan fingerprint density at radius 3 is 2.43 bits per heavy atom. The third-order valence-electron chi connectivity index (χ3n) is 3.10. The molecule has 0 aromatic heterocycles. The molecule has 0 amide bonds. The minimum atomic E-state index is -0.0455. The van der Waals surface area contributed by atoms with Crippen LogP contribution in [-0.2, 0) is 11.3 Å². The van der Waals surface area contributed by atoms with Crippen molar-refractivity contribution in [1.29, 1.82) is 0 Å². The molecule has 0 aliphatic carbocycles. The van der Waals surface area contributed by atoms with Crippen LogP contribution in [0.5, 0.6) is 5.75 Å². The summed E-state index contributed by atoms with van der Waals surface area (Å²) in [4.78, 5) is 0. The van der Waals surface area contributed by atoms with E-state index < -0.39 is 0 Å². The van der Waals surface area contributed by atoms with Gasteiger partial charge in [0.1, 0.15) is 5.75 Å². The van der Waals surface area contributed by atoms with Gasteiger partial charge in [-0.25, -0.2) is 0 Å². The summed E-state index contributed by atoms with van der Waals surface area (Å²) >= 11 is 0. The number of anilines is 1. The van der Waals surface area contributed by atoms with Crippen LogP contribution >= 0.6 is 0 Å².